The highest BCUT2D eigenvalue weighted by atomic mass is 16.5. The number of Topliss-reactive ketones (excluding diaryl/α,β-unsaturated/α-hetero) is 1. The summed E-state index contributed by atoms with van der Waals surface area (Å²) in [6.07, 6.45) is 0.434. The zero-order valence-electron chi connectivity index (χ0n) is 13.5. The molecule has 0 atom stereocenters. The van der Waals surface area contributed by atoms with Crippen LogP contribution in [0.4, 0.5) is 16.2 Å². The van der Waals surface area contributed by atoms with Gasteiger partial charge in [0.1, 0.15) is 0 Å². The van der Waals surface area contributed by atoms with Crippen molar-refractivity contribution in [3.63, 3.8) is 0 Å². The highest BCUT2D eigenvalue weighted by Gasteiger charge is 2.08. The third kappa shape index (κ3) is 4.42. The maximum absolute atomic E-state index is 12.0. The number of hydrogen-bond donors (Lipinski definition) is 2. The highest BCUT2D eigenvalue weighted by Crippen LogP contribution is 2.14. The first-order valence-electron chi connectivity index (χ1n) is 7.43. The van der Waals surface area contributed by atoms with Crippen LogP contribution in [0.25, 0.3) is 0 Å². The van der Waals surface area contributed by atoms with E-state index in [1.807, 2.05) is 0 Å². The lowest BCUT2D eigenvalue weighted by atomic mass is 10.1. The van der Waals surface area contributed by atoms with Gasteiger partial charge in [-0.15, -0.1) is 0 Å². The average Bonchev–Trinajstić information content (AvgIpc) is 2.61. The van der Waals surface area contributed by atoms with E-state index in [0.717, 1.165) is 0 Å². The van der Waals surface area contributed by atoms with E-state index in [2.05, 4.69) is 15.4 Å². The molecule has 2 aromatic rings. The van der Waals surface area contributed by atoms with E-state index < -0.39 is 12.0 Å². The predicted octanol–water partition coefficient (Wildman–Crippen LogP) is 3.71. The van der Waals surface area contributed by atoms with Crippen LogP contribution in [0.2, 0.25) is 0 Å². The SMILES string of the molecule is CCC(=O)c1ccc(NC(=O)Nc2cccc(C(=O)OC)c2)cc1. The van der Waals surface area contributed by atoms with Gasteiger partial charge in [0.05, 0.1) is 12.7 Å². The van der Waals surface area contributed by atoms with Gasteiger partial charge < -0.3 is 15.4 Å². The summed E-state index contributed by atoms with van der Waals surface area (Å²) in [7, 11) is 1.29. The molecule has 0 bridgehead atoms. The molecule has 124 valence electrons. The third-order valence-electron chi connectivity index (χ3n) is 3.33. The second-order valence-corrected chi connectivity index (χ2v) is 5.01. The number of ketones is 1. The van der Waals surface area contributed by atoms with E-state index in [1.54, 1.807) is 49.4 Å². The fourth-order valence-electron chi connectivity index (χ4n) is 2.08. The molecule has 0 aliphatic carbocycles. The van der Waals surface area contributed by atoms with Crippen molar-refractivity contribution in [1.82, 2.24) is 0 Å². The molecule has 0 saturated carbocycles. The normalized spacial score (nSPS) is 9.92. The summed E-state index contributed by atoms with van der Waals surface area (Å²) in [6, 6.07) is 12.6. The van der Waals surface area contributed by atoms with Crippen molar-refractivity contribution in [3.8, 4) is 0 Å². The largest absolute Gasteiger partial charge is 0.465 e. The molecular weight excluding hydrogens is 308 g/mol. The monoisotopic (exact) mass is 326 g/mol. The van der Waals surface area contributed by atoms with Gasteiger partial charge in [0.15, 0.2) is 5.78 Å². The average molecular weight is 326 g/mol. The number of amides is 2. The second-order valence-electron chi connectivity index (χ2n) is 5.01. The topological polar surface area (TPSA) is 84.5 Å². The number of benzene rings is 2. The number of nitrogens with one attached hydrogen (secondary N) is 2. The van der Waals surface area contributed by atoms with Crippen LogP contribution in [0, 0.1) is 0 Å². The molecule has 0 aromatic heterocycles. The van der Waals surface area contributed by atoms with Gasteiger partial charge in [-0.05, 0) is 42.5 Å². The van der Waals surface area contributed by atoms with E-state index >= 15 is 0 Å². The van der Waals surface area contributed by atoms with Crippen LogP contribution < -0.4 is 10.6 Å². The Morgan fingerprint density at radius 3 is 2.21 bits per heavy atom. The molecule has 0 radical (unpaired) electrons. The van der Waals surface area contributed by atoms with Crippen molar-refractivity contribution < 1.29 is 19.1 Å². The molecule has 2 amide bonds. The van der Waals surface area contributed by atoms with Gasteiger partial charge in [0.25, 0.3) is 0 Å². The van der Waals surface area contributed by atoms with E-state index in [1.165, 1.54) is 13.2 Å². The number of hydrogen-bond acceptors (Lipinski definition) is 4. The number of ether oxygens (including phenoxy) is 1. The minimum Gasteiger partial charge on any atom is -0.465 e. The summed E-state index contributed by atoms with van der Waals surface area (Å²) in [4.78, 5) is 35.0. The van der Waals surface area contributed by atoms with Crippen molar-refractivity contribution in [2.24, 2.45) is 0 Å². The first-order valence-corrected chi connectivity index (χ1v) is 7.43. The standard InChI is InChI=1S/C18H18N2O4/c1-3-16(21)12-7-9-14(10-8-12)19-18(23)20-15-6-4-5-13(11-15)17(22)24-2/h4-11H,3H2,1-2H3,(H2,19,20,23). The number of methoxy groups -OCH3 is 1. The molecule has 2 rings (SSSR count). The molecule has 0 aliphatic rings. The lowest BCUT2D eigenvalue weighted by molar-refractivity contribution is 0.0600. The molecule has 0 aliphatic heterocycles. The fourth-order valence-corrected chi connectivity index (χ4v) is 2.08. The van der Waals surface area contributed by atoms with Crippen LogP contribution in [0.15, 0.2) is 48.5 Å². The summed E-state index contributed by atoms with van der Waals surface area (Å²) < 4.78 is 4.64. The van der Waals surface area contributed by atoms with Gasteiger partial charge in [0.2, 0.25) is 0 Å². The van der Waals surface area contributed by atoms with E-state index in [4.69, 9.17) is 0 Å². The number of carbonyl (C=O) groups excluding carboxylic acids is 3. The fraction of sp³-hybridized carbons (Fsp3) is 0.167. The Kier molecular flexibility index (Phi) is 5.68. The van der Waals surface area contributed by atoms with Gasteiger partial charge in [-0.3, -0.25) is 4.79 Å². The first-order chi connectivity index (χ1) is 11.5. The van der Waals surface area contributed by atoms with Crippen molar-refractivity contribution in [1.29, 1.82) is 0 Å². The zero-order chi connectivity index (χ0) is 17.5. The molecule has 0 spiro atoms. The summed E-state index contributed by atoms with van der Waals surface area (Å²) in [5.74, 6) is -0.430. The lowest BCUT2D eigenvalue weighted by Gasteiger charge is -2.09. The number of esters is 1. The van der Waals surface area contributed by atoms with Crippen LogP contribution in [-0.2, 0) is 4.74 Å². The third-order valence-corrected chi connectivity index (χ3v) is 3.33. The molecule has 6 heteroatoms. The molecule has 0 saturated heterocycles. The quantitative estimate of drug-likeness (QED) is 0.648. The maximum atomic E-state index is 12.0. The van der Waals surface area contributed by atoms with Crippen molar-refractivity contribution in [2.45, 2.75) is 13.3 Å². The summed E-state index contributed by atoms with van der Waals surface area (Å²) in [6.45, 7) is 1.80. The Bertz CT molecular complexity index is 754. The van der Waals surface area contributed by atoms with Crippen molar-refractivity contribution in [3.05, 3.63) is 59.7 Å². The molecule has 0 fully saturated rings. The minimum atomic E-state index is -0.477. The smallest absolute Gasteiger partial charge is 0.337 e. The van der Waals surface area contributed by atoms with E-state index in [0.29, 0.717) is 28.9 Å². The molecule has 0 heterocycles. The summed E-state index contributed by atoms with van der Waals surface area (Å²) in [5, 5.41) is 5.29. The molecular formula is C18H18N2O4. The van der Waals surface area contributed by atoms with Crippen LogP contribution in [0.1, 0.15) is 34.1 Å². The Morgan fingerprint density at radius 1 is 0.917 bits per heavy atom. The molecule has 0 unspecified atom stereocenters. The first kappa shape index (κ1) is 17.2. The number of rotatable bonds is 5. The molecule has 2 N–H and O–H groups in total. The molecule has 24 heavy (non-hydrogen) atoms. The van der Waals surface area contributed by atoms with Gasteiger partial charge in [0, 0.05) is 23.4 Å². The Labute approximate surface area is 139 Å². The summed E-state index contributed by atoms with van der Waals surface area (Å²) in [5.41, 5.74) is 1.98. The summed E-state index contributed by atoms with van der Waals surface area (Å²) >= 11 is 0. The van der Waals surface area contributed by atoms with Gasteiger partial charge in [-0.2, -0.15) is 0 Å². The van der Waals surface area contributed by atoms with Crippen LogP contribution in [0.5, 0.6) is 0 Å². The Hall–Kier alpha value is -3.15. The van der Waals surface area contributed by atoms with Crippen LogP contribution >= 0.6 is 0 Å². The Balaban J connectivity index is 2.00. The number of urea groups is 1. The molecule has 2 aromatic carbocycles. The Morgan fingerprint density at radius 2 is 1.58 bits per heavy atom. The predicted molar refractivity (Wildman–Crippen MR) is 91.5 cm³/mol. The van der Waals surface area contributed by atoms with Gasteiger partial charge in [-0.25, -0.2) is 9.59 Å². The number of anilines is 2. The van der Waals surface area contributed by atoms with Gasteiger partial charge >= 0.3 is 12.0 Å². The lowest BCUT2D eigenvalue weighted by Crippen LogP contribution is -2.19. The molecule has 6 nitrogen and oxygen atoms in total. The van der Waals surface area contributed by atoms with E-state index in [-0.39, 0.29) is 5.78 Å². The van der Waals surface area contributed by atoms with Gasteiger partial charge in [-0.1, -0.05) is 13.0 Å². The van der Waals surface area contributed by atoms with Crippen molar-refractivity contribution >= 4 is 29.2 Å². The van der Waals surface area contributed by atoms with Crippen LogP contribution in [-0.4, -0.2) is 24.9 Å². The van der Waals surface area contributed by atoms with Crippen molar-refractivity contribution in [2.75, 3.05) is 17.7 Å². The zero-order valence-corrected chi connectivity index (χ0v) is 13.5. The maximum Gasteiger partial charge on any atom is 0.337 e. The van der Waals surface area contributed by atoms with Crippen LogP contribution in [0.3, 0.4) is 0 Å². The highest BCUT2D eigenvalue weighted by molar-refractivity contribution is 6.01. The number of carbonyl (C=O) groups is 3. The van der Waals surface area contributed by atoms with E-state index in [9.17, 15) is 14.4 Å². The minimum absolute atomic E-state index is 0.0469. The second kappa shape index (κ2) is 7.92.